The number of benzene rings is 1. The van der Waals surface area contributed by atoms with Crippen LogP contribution in [-0.2, 0) is 11.8 Å². The summed E-state index contributed by atoms with van der Waals surface area (Å²) in [5.74, 6) is 1.67. The molecule has 3 aliphatic carbocycles. The molecule has 2 bridgehead atoms. The van der Waals surface area contributed by atoms with Gasteiger partial charge in [-0.25, -0.2) is 0 Å². The molecule has 1 spiro atoms. The summed E-state index contributed by atoms with van der Waals surface area (Å²) in [6.45, 7) is 12.1. The zero-order valence-electron chi connectivity index (χ0n) is 16.1. The SMILES string of the molecule is C=CCN[C@@H]1[C@@H]2CC[C@@]3(C)c4cc(OC)ccc4CC[C@]13C(C)=C2C. The number of fused-ring (bicyclic) bond motifs is 3. The van der Waals surface area contributed by atoms with Gasteiger partial charge in [-0.05, 0) is 68.7 Å². The third-order valence-corrected chi connectivity index (χ3v) is 7.87. The highest BCUT2D eigenvalue weighted by Gasteiger charge is 2.64. The second-order valence-corrected chi connectivity index (χ2v) is 8.45. The van der Waals surface area contributed by atoms with Crippen molar-refractivity contribution in [3.63, 3.8) is 0 Å². The maximum atomic E-state index is 5.58. The Labute approximate surface area is 152 Å². The molecule has 134 valence electrons. The van der Waals surface area contributed by atoms with Gasteiger partial charge in [0.2, 0.25) is 0 Å². The predicted octanol–water partition coefficient (Wildman–Crippen LogP) is 4.79. The van der Waals surface area contributed by atoms with Gasteiger partial charge in [0.15, 0.2) is 0 Å². The van der Waals surface area contributed by atoms with Gasteiger partial charge in [-0.2, -0.15) is 0 Å². The van der Waals surface area contributed by atoms with Gasteiger partial charge < -0.3 is 10.1 Å². The van der Waals surface area contributed by atoms with E-state index in [1.165, 1.54) is 36.8 Å². The van der Waals surface area contributed by atoms with Crippen molar-refractivity contribution in [3.8, 4) is 5.75 Å². The summed E-state index contributed by atoms with van der Waals surface area (Å²) in [6.07, 6.45) is 6.95. The molecule has 0 aliphatic heterocycles. The van der Waals surface area contributed by atoms with Crippen molar-refractivity contribution in [1.82, 2.24) is 5.32 Å². The first-order valence-corrected chi connectivity index (χ1v) is 9.69. The van der Waals surface area contributed by atoms with E-state index in [2.05, 4.69) is 50.9 Å². The van der Waals surface area contributed by atoms with Crippen LogP contribution in [0.15, 0.2) is 42.0 Å². The molecule has 2 nitrogen and oxygen atoms in total. The number of hydrogen-bond donors (Lipinski definition) is 1. The van der Waals surface area contributed by atoms with Gasteiger partial charge in [0.1, 0.15) is 5.75 Å². The standard InChI is InChI=1S/C23H31NO/c1-6-13-24-21-19-10-11-22(4)20-14-18(25-5)8-7-17(20)9-12-23(21,22)16(3)15(19)2/h6-8,14,19,21,24H,1,9-13H2,2-5H3/t19-,21-,22+,23+/m1/s1. The number of methoxy groups -OCH3 is 1. The van der Waals surface area contributed by atoms with Crippen LogP contribution >= 0.6 is 0 Å². The molecule has 2 heteroatoms. The van der Waals surface area contributed by atoms with Crippen LogP contribution in [0.25, 0.3) is 0 Å². The Balaban J connectivity index is 1.90. The molecule has 1 aromatic rings. The summed E-state index contributed by atoms with van der Waals surface area (Å²) >= 11 is 0. The van der Waals surface area contributed by atoms with Crippen molar-refractivity contribution in [2.45, 2.75) is 57.9 Å². The van der Waals surface area contributed by atoms with Gasteiger partial charge in [0.25, 0.3) is 0 Å². The van der Waals surface area contributed by atoms with Crippen molar-refractivity contribution < 1.29 is 4.74 Å². The molecular formula is C23H31NO. The lowest BCUT2D eigenvalue weighted by Gasteiger charge is -2.59. The van der Waals surface area contributed by atoms with E-state index < -0.39 is 0 Å². The molecule has 1 aromatic carbocycles. The summed E-state index contributed by atoms with van der Waals surface area (Å²) in [7, 11) is 1.78. The Kier molecular flexibility index (Phi) is 3.88. The molecule has 1 saturated carbocycles. The largest absolute Gasteiger partial charge is 0.497 e. The predicted molar refractivity (Wildman–Crippen MR) is 104 cm³/mol. The molecule has 4 atom stereocenters. The van der Waals surface area contributed by atoms with Crippen molar-refractivity contribution in [3.05, 3.63) is 53.1 Å². The van der Waals surface area contributed by atoms with Crippen LogP contribution in [-0.4, -0.2) is 19.7 Å². The van der Waals surface area contributed by atoms with Crippen LogP contribution in [0, 0.1) is 11.3 Å². The highest BCUT2D eigenvalue weighted by molar-refractivity contribution is 5.52. The first kappa shape index (κ1) is 16.9. The summed E-state index contributed by atoms with van der Waals surface area (Å²) in [5, 5.41) is 3.88. The van der Waals surface area contributed by atoms with Gasteiger partial charge in [-0.1, -0.05) is 30.2 Å². The number of aryl methyl sites for hydroxylation is 1. The number of hydrogen-bond acceptors (Lipinski definition) is 2. The Morgan fingerprint density at radius 2 is 2.12 bits per heavy atom. The van der Waals surface area contributed by atoms with E-state index in [0.717, 1.165) is 12.3 Å². The monoisotopic (exact) mass is 337 g/mol. The van der Waals surface area contributed by atoms with Gasteiger partial charge in [0, 0.05) is 23.4 Å². The Morgan fingerprint density at radius 1 is 1.32 bits per heavy atom. The smallest absolute Gasteiger partial charge is 0.119 e. The first-order chi connectivity index (χ1) is 12.0. The fourth-order valence-corrected chi connectivity index (χ4v) is 6.53. The molecule has 1 N–H and O–H groups in total. The molecule has 0 heterocycles. The molecule has 0 radical (unpaired) electrons. The average Bonchev–Trinajstić information content (AvgIpc) is 2.78. The summed E-state index contributed by atoms with van der Waals surface area (Å²) < 4.78 is 5.58. The lowest BCUT2D eigenvalue weighted by molar-refractivity contribution is 0.0403. The fourth-order valence-electron chi connectivity index (χ4n) is 6.53. The van der Waals surface area contributed by atoms with Crippen LogP contribution in [0.2, 0.25) is 0 Å². The number of nitrogens with one attached hydrogen (secondary N) is 1. The normalized spacial score (nSPS) is 36.0. The molecule has 25 heavy (non-hydrogen) atoms. The minimum atomic E-state index is 0.173. The summed E-state index contributed by atoms with van der Waals surface area (Å²) in [5.41, 5.74) is 6.72. The van der Waals surface area contributed by atoms with E-state index in [1.54, 1.807) is 18.3 Å². The molecular weight excluding hydrogens is 306 g/mol. The minimum absolute atomic E-state index is 0.173. The van der Waals surface area contributed by atoms with Gasteiger partial charge in [0.05, 0.1) is 7.11 Å². The molecule has 0 unspecified atom stereocenters. The van der Waals surface area contributed by atoms with Crippen LogP contribution in [0.3, 0.4) is 0 Å². The molecule has 0 aromatic heterocycles. The number of ether oxygens (including phenoxy) is 1. The second kappa shape index (κ2) is 5.74. The molecule has 0 saturated heterocycles. The second-order valence-electron chi connectivity index (χ2n) is 8.45. The summed E-state index contributed by atoms with van der Waals surface area (Å²) in [6, 6.07) is 7.28. The zero-order chi connectivity index (χ0) is 17.8. The van der Waals surface area contributed by atoms with Gasteiger partial charge in [-0.3, -0.25) is 0 Å². The Morgan fingerprint density at radius 3 is 2.84 bits per heavy atom. The lowest BCUT2D eigenvalue weighted by atomic mass is 9.46. The van der Waals surface area contributed by atoms with E-state index in [4.69, 9.17) is 4.74 Å². The molecule has 0 amide bonds. The average molecular weight is 338 g/mol. The van der Waals surface area contributed by atoms with Gasteiger partial charge >= 0.3 is 0 Å². The highest BCUT2D eigenvalue weighted by Crippen LogP contribution is 2.67. The van der Waals surface area contributed by atoms with Crippen molar-refractivity contribution >= 4 is 0 Å². The lowest BCUT2D eigenvalue weighted by Crippen LogP contribution is -2.61. The quantitative estimate of drug-likeness (QED) is 0.798. The van der Waals surface area contributed by atoms with Crippen LogP contribution in [0.1, 0.15) is 51.2 Å². The third-order valence-electron chi connectivity index (χ3n) is 7.87. The maximum absolute atomic E-state index is 5.58. The van der Waals surface area contributed by atoms with Crippen LogP contribution < -0.4 is 10.1 Å². The topological polar surface area (TPSA) is 21.3 Å². The van der Waals surface area contributed by atoms with Gasteiger partial charge in [-0.15, -0.1) is 6.58 Å². The maximum Gasteiger partial charge on any atom is 0.119 e. The fraction of sp³-hybridized carbons (Fsp3) is 0.565. The van der Waals surface area contributed by atoms with E-state index in [0.29, 0.717) is 12.0 Å². The minimum Gasteiger partial charge on any atom is -0.497 e. The third kappa shape index (κ3) is 2.01. The Hall–Kier alpha value is -1.54. The zero-order valence-corrected chi connectivity index (χ0v) is 16.1. The molecule has 1 fully saturated rings. The van der Waals surface area contributed by atoms with Crippen LogP contribution in [0.4, 0.5) is 0 Å². The van der Waals surface area contributed by atoms with Crippen LogP contribution in [0.5, 0.6) is 5.75 Å². The first-order valence-electron chi connectivity index (χ1n) is 9.69. The molecule has 4 rings (SSSR count). The van der Waals surface area contributed by atoms with E-state index in [9.17, 15) is 0 Å². The van der Waals surface area contributed by atoms with E-state index in [-0.39, 0.29) is 10.8 Å². The van der Waals surface area contributed by atoms with Crippen molar-refractivity contribution in [2.75, 3.05) is 13.7 Å². The Bertz CT molecular complexity index is 748. The summed E-state index contributed by atoms with van der Waals surface area (Å²) in [4.78, 5) is 0. The van der Waals surface area contributed by atoms with E-state index >= 15 is 0 Å². The highest BCUT2D eigenvalue weighted by atomic mass is 16.5. The van der Waals surface area contributed by atoms with E-state index in [1.807, 2.05) is 6.08 Å². The molecule has 3 aliphatic rings. The number of rotatable bonds is 4. The van der Waals surface area contributed by atoms with Crippen molar-refractivity contribution in [2.24, 2.45) is 11.3 Å². The van der Waals surface area contributed by atoms with Crippen molar-refractivity contribution in [1.29, 1.82) is 0 Å².